The molecule has 0 amide bonds. The molecule has 7 nitrogen and oxygen atoms in total. The minimum Gasteiger partial charge on any atom is -0.493 e. The lowest BCUT2D eigenvalue weighted by Crippen LogP contribution is -2.49. The Kier molecular flexibility index (Phi) is 5.31. The number of dihydropyridines is 1. The van der Waals surface area contributed by atoms with Crippen molar-refractivity contribution < 1.29 is 9.47 Å². The second kappa shape index (κ2) is 8.02. The Balaban J connectivity index is 1.60. The molecule has 3 aliphatic heterocycles. The Labute approximate surface area is 160 Å². The summed E-state index contributed by atoms with van der Waals surface area (Å²) in [6.45, 7) is 5.55. The quantitative estimate of drug-likeness (QED) is 0.838. The van der Waals surface area contributed by atoms with Crippen LogP contribution in [0.15, 0.2) is 40.7 Å². The van der Waals surface area contributed by atoms with Crippen molar-refractivity contribution in [1.82, 2.24) is 20.7 Å². The lowest BCUT2D eigenvalue weighted by molar-refractivity contribution is 0.0809. The SMILES string of the molecule is COc1ccc(C2=CC3=C(NC2)N(N2CCCNCC2)C=NC3)cc1OC. The van der Waals surface area contributed by atoms with Crippen LogP contribution in [-0.4, -0.2) is 69.8 Å². The zero-order valence-electron chi connectivity index (χ0n) is 16.0. The van der Waals surface area contributed by atoms with E-state index in [1.165, 1.54) is 11.1 Å². The first kappa shape index (κ1) is 17.9. The minimum absolute atomic E-state index is 0.696. The van der Waals surface area contributed by atoms with Crippen LogP contribution in [-0.2, 0) is 0 Å². The molecule has 0 atom stereocenters. The van der Waals surface area contributed by atoms with E-state index in [9.17, 15) is 0 Å². The Morgan fingerprint density at radius 3 is 2.81 bits per heavy atom. The minimum atomic E-state index is 0.696. The number of nitrogens with zero attached hydrogens (tertiary/aromatic N) is 3. The van der Waals surface area contributed by atoms with Crippen molar-refractivity contribution in [3.8, 4) is 11.5 Å². The Hall–Kier alpha value is -2.51. The highest BCUT2D eigenvalue weighted by atomic mass is 16.5. The standard InChI is InChI=1S/C20H27N5O2/c1-26-18-5-4-15(11-19(18)27-2)16-10-17-12-22-14-25(20(17)23-13-16)24-8-3-6-21-7-9-24/h4-5,10-11,14,21,23H,3,6-9,12-13H2,1-2H3. The van der Waals surface area contributed by atoms with Gasteiger partial charge in [-0.15, -0.1) is 0 Å². The molecule has 3 aliphatic rings. The number of methoxy groups -OCH3 is 2. The van der Waals surface area contributed by atoms with Crippen LogP contribution < -0.4 is 20.1 Å². The zero-order valence-corrected chi connectivity index (χ0v) is 16.0. The molecular formula is C20H27N5O2. The normalized spacial score (nSPS) is 20.5. The van der Waals surface area contributed by atoms with Crippen LogP contribution in [0.3, 0.4) is 0 Å². The van der Waals surface area contributed by atoms with Gasteiger partial charge in [0.05, 0.1) is 20.8 Å². The van der Waals surface area contributed by atoms with Gasteiger partial charge in [-0.2, -0.15) is 0 Å². The molecule has 4 rings (SSSR count). The average molecular weight is 369 g/mol. The van der Waals surface area contributed by atoms with Crippen molar-refractivity contribution in [2.45, 2.75) is 6.42 Å². The third-order valence-electron chi connectivity index (χ3n) is 5.16. The first-order chi connectivity index (χ1) is 13.3. The van der Waals surface area contributed by atoms with Crippen molar-refractivity contribution in [2.24, 2.45) is 4.99 Å². The maximum atomic E-state index is 5.45. The van der Waals surface area contributed by atoms with Gasteiger partial charge in [0.1, 0.15) is 12.2 Å². The lowest BCUT2D eigenvalue weighted by Gasteiger charge is -2.38. The predicted octanol–water partition coefficient (Wildman–Crippen LogP) is 1.46. The van der Waals surface area contributed by atoms with E-state index in [0.29, 0.717) is 6.54 Å². The monoisotopic (exact) mass is 369 g/mol. The van der Waals surface area contributed by atoms with E-state index in [4.69, 9.17) is 9.47 Å². The van der Waals surface area contributed by atoms with Crippen molar-refractivity contribution in [3.05, 3.63) is 41.2 Å². The maximum absolute atomic E-state index is 5.45. The molecule has 3 heterocycles. The molecule has 1 aromatic rings. The molecule has 0 spiro atoms. The van der Waals surface area contributed by atoms with Crippen molar-refractivity contribution in [3.63, 3.8) is 0 Å². The molecule has 0 unspecified atom stereocenters. The summed E-state index contributed by atoms with van der Waals surface area (Å²) in [5, 5.41) is 11.6. The molecular weight excluding hydrogens is 342 g/mol. The molecule has 0 aromatic heterocycles. The molecule has 1 saturated heterocycles. The summed E-state index contributed by atoms with van der Waals surface area (Å²) in [6, 6.07) is 6.06. The molecule has 1 aromatic carbocycles. The summed E-state index contributed by atoms with van der Waals surface area (Å²) in [6.07, 6.45) is 5.35. The third kappa shape index (κ3) is 3.65. The van der Waals surface area contributed by atoms with Gasteiger partial charge in [-0.25, -0.2) is 10.0 Å². The van der Waals surface area contributed by atoms with Crippen LogP contribution >= 0.6 is 0 Å². The molecule has 0 saturated carbocycles. The molecule has 0 bridgehead atoms. The van der Waals surface area contributed by atoms with E-state index in [0.717, 1.165) is 62.0 Å². The van der Waals surface area contributed by atoms with Crippen LogP contribution in [0.4, 0.5) is 0 Å². The van der Waals surface area contributed by atoms with Crippen molar-refractivity contribution in [2.75, 3.05) is 53.5 Å². The van der Waals surface area contributed by atoms with Crippen LogP contribution in [0, 0.1) is 0 Å². The van der Waals surface area contributed by atoms with Crippen LogP contribution in [0.1, 0.15) is 12.0 Å². The van der Waals surface area contributed by atoms with Crippen molar-refractivity contribution in [1.29, 1.82) is 0 Å². The lowest BCUT2D eigenvalue weighted by atomic mass is 9.99. The number of aliphatic imine (C=N–C) groups is 1. The summed E-state index contributed by atoms with van der Waals surface area (Å²) in [7, 11) is 3.32. The van der Waals surface area contributed by atoms with E-state index >= 15 is 0 Å². The number of rotatable bonds is 4. The first-order valence-electron chi connectivity index (χ1n) is 9.45. The van der Waals surface area contributed by atoms with Gasteiger partial charge in [0.15, 0.2) is 11.5 Å². The molecule has 144 valence electrons. The summed E-state index contributed by atoms with van der Waals surface area (Å²) < 4.78 is 10.8. The molecule has 0 aliphatic carbocycles. The number of hydrogen-bond acceptors (Lipinski definition) is 7. The Morgan fingerprint density at radius 2 is 1.96 bits per heavy atom. The van der Waals surface area contributed by atoms with Crippen LogP contribution in [0.5, 0.6) is 11.5 Å². The van der Waals surface area contributed by atoms with Gasteiger partial charge in [-0.1, -0.05) is 6.07 Å². The number of benzene rings is 1. The van der Waals surface area contributed by atoms with Crippen molar-refractivity contribution >= 4 is 11.9 Å². The van der Waals surface area contributed by atoms with Gasteiger partial charge >= 0.3 is 0 Å². The number of hydrazine groups is 1. The summed E-state index contributed by atoms with van der Waals surface area (Å²) in [5.74, 6) is 2.64. The highest BCUT2D eigenvalue weighted by Gasteiger charge is 2.26. The third-order valence-corrected chi connectivity index (χ3v) is 5.16. The summed E-state index contributed by atoms with van der Waals surface area (Å²) in [5.41, 5.74) is 3.57. The molecule has 2 N–H and O–H groups in total. The van der Waals surface area contributed by atoms with Gasteiger partial charge in [-0.05, 0) is 42.3 Å². The van der Waals surface area contributed by atoms with Gasteiger partial charge in [-0.3, -0.25) is 4.99 Å². The molecule has 0 radical (unpaired) electrons. The molecule has 27 heavy (non-hydrogen) atoms. The molecule has 7 heteroatoms. The van der Waals surface area contributed by atoms with Gasteiger partial charge < -0.3 is 20.1 Å². The first-order valence-corrected chi connectivity index (χ1v) is 9.45. The maximum Gasteiger partial charge on any atom is 0.161 e. The van der Waals surface area contributed by atoms with E-state index in [1.54, 1.807) is 14.2 Å². The van der Waals surface area contributed by atoms with E-state index in [-0.39, 0.29) is 0 Å². The summed E-state index contributed by atoms with van der Waals surface area (Å²) in [4.78, 5) is 4.59. The van der Waals surface area contributed by atoms with Gasteiger partial charge in [0, 0.05) is 31.8 Å². The van der Waals surface area contributed by atoms with Gasteiger partial charge in [0.25, 0.3) is 0 Å². The average Bonchev–Trinajstić information content (AvgIpc) is 3.01. The number of hydrogen-bond donors (Lipinski definition) is 2. The fraction of sp³-hybridized carbons (Fsp3) is 0.450. The van der Waals surface area contributed by atoms with E-state index in [1.807, 2.05) is 18.5 Å². The van der Waals surface area contributed by atoms with E-state index in [2.05, 4.69) is 37.8 Å². The second-order valence-corrected chi connectivity index (χ2v) is 6.82. The van der Waals surface area contributed by atoms with Crippen LogP contribution in [0.2, 0.25) is 0 Å². The zero-order chi connectivity index (χ0) is 18.6. The Morgan fingerprint density at radius 1 is 1.07 bits per heavy atom. The largest absolute Gasteiger partial charge is 0.493 e. The van der Waals surface area contributed by atoms with Crippen LogP contribution in [0.25, 0.3) is 5.57 Å². The number of ether oxygens (including phenoxy) is 2. The number of nitrogens with one attached hydrogen (secondary N) is 2. The topological polar surface area (TPSA) is 61.4 Å². The van der Waals surface area contributed by atoms with Gasteiger partial charge in [0.2, 0.25) is 0 Å². The highest BCUT2D eigenvalue weighted by molar-refractivity contribution is 5.75. The van der Waals surface area contributed by atoms with E-state index < -0.39 is 0 Å². The Bertz CT molecular complexity index is 779. The summed E-state index contributed by atoms with van der Waals surface area (Å²) >= 11 is 0. The molecule has 1 fully saturated rings. The fourth-order valence-corrected chi connectivity index (χ4v) is 3.73. The fourth-order valence-electron chi connectivity index (χ4n) is 3.73. The smallest absolute Gasteiger partial charge is 0.161 e. The highest BCUT2D eigenvalue weighted by Crippen LogP contribution is 2.32. The second-order valence-electron chi connectivity index (χ2n) is 6.82. The predicted molar refractivity (Wildman–Crippen MR) is 107 cm³/mol.